The minimum atomic E-state index is 0.240. The fourth-order valence-electron chi connectivity index (χ4n) is 3.15. The molecule has 1 aromatic rings. The third-order valence-electron chi connectivity index (χ3n) is 4.44. The summed E-state index contributed by atoms with van der Waals surface area (Å²) in [5.74, 6) is 0.240. The molecule has 0 saturated carbocycles. The van der Waals surface area contributed by atoms with E-state index in [9.17, 15) is 4.79 Å². The molecular weight excluding hydrogens is 280 g/mol. The van der Waals surface area contributed by atoms with Crippen molar-refractivity contribution < 1.29 is 4.79 Å². The number of thiophene rings is 1. The van der Waals surface area contributed by atoms with Gasteiger partial charge in [0, 0.05) is 18.0 Å². The topological polar surface area (TPSA) is 32.3 Å². The lowest BCUT2D eigenvalue weighted by molar-refractivity contribution is -0.131. The third-order valence-corrected chi connectivity index (χ3v) is 5.47. The molecule has 2 heterocycles. The Morgan fingerprint density at radius 3 is 3.14 bits per heavy atom. The lowest BCUT2D eigenvalue weighted by Gasteiger charge is -2.27. The number of fused-ring (bicyclic) bond motifs is 1. The van der Waals surface area contributed by atoms with E-state index in [4.69, 9.17) is 0 Å². The maximum Gasteiger partial charge on any atom is 0.236 e. The highest BCUT2D eigenvalue weighted by Gasteiger charge is 2.20. The number of hydrogen-bond acceptors (Lipinski definition) is 3. The summed E-state index contributed by atoms with van der Waals surface area (Å²) >= 11 is 1.82. The number of hydrogen-bond donors (Lipinski definition) is 1. The van der Waals surface area contributed by atoms with E-state index >= 15 is 0 Å². The van der Waals surface area contributed by atoms with Crippen molar-refractivity contribution >= 4 is 17.2 Å². The van der Waals surface area contributed by atoms with E-state index in [0.717, 1.165) is 32.5 Å². The highest BCUT2D eigenvalue weighted by molar-refractivity contribution is 7.10. The number of allylic oxidation sites excluding steroid dienone is 1. The van der Waals surface area contributed by atoms with Gasteiger partial charge >= 0.3 is 0 Å². The molecule has 114 valence electrons. The first-order chi connectivity index (χ1) is 10.3. The summed E-state index contributed by atoms with van der Waals surface area (Å²) < 4.78 is 0. The van der Waals surface area contributed by atoms with Crippen LogP contribution in [0.2, 0.25) is 0 Å². The van der Waals surface area contributed by atoms with Gasteiger partial charge in [0.1, 0.15) is 0 Å². The molecule has 1 N–H and O–H groups in total. The number of nitrogens with zero attached hydrogens (tertiary/aromatic N) is 1. The molecule has 3 rings (SSSR count). The van der Waals surface area contributed by atoms with Crippen molar-refractivity contribution in [2.75, 3.05) is 19.6 Å². The molecule has 4 heteroatoms. The van der Waals surface area contributed by atoms with Gasteiger partial charge in [-0.15, -0.1) is 11.3 Å². The van der Waals surface area contributed by atoms with E-state index in [-0.39, 0.29) is 5.91 Å². The Balaban J connectivity index is 1.38. The van der Waals surface area contributed by atoms with Crippen LogP contribution in [0.5, 0.6) is 0 Å². The van der Waals surface area contributed by atoms with Gasteiger partial charge in [-0.1, -0.05) is 11.6 Å². The Morgan fingerprint density at radius 1 is 1.33 bits per heavy atom. The first kappa shape index (κ1) is 14.8. The van der Waals surface area contributed by atoms with Crippen molar-refractivity contribution in [1.82, 2.24) is 10.2 Å². The van der Waals surface area contributed by atoms with Crippen LogP contribution in [0.3, 0.4) is 0 Å². The van der Waals surface area contributed by atoms with E-state index in [0.29, 0.717) is 6.54 Å². The van der Waals surface area contributed by atoms with Crippen molar-refractivity contribution in [2.45, 2.75) is 45.1 Å². The second kappa shape index (κ2) is 7.23. The molecule has 1 aliphatic heterocycles. The normalized spacial score (nSPS) is 18.3. The van der Waals surface area contributed by atoms with E-state index in [1.54, 1.807) is 5.57 Å². The zero-order chi connectivity index (χ0) is 14.5. The molecule has 0 fully saturated rings. The van der Waals surface area contributed by atoms with Crippen molar-refractivity contribution in [2.24, 2.45) is 0 Å². The van der Waals surface area contributed by atoms with Gasteiger partial charge in [0.25, 0.3) is 0 Å². The first-order valence-electron chi connectivity index (χ1n) is 8.04. The van der Waals surface area contributed by atoms with Crippen molar-refractivity contribution in [3.8, 4) is 0 Å². The van der Waals surface area contributed by atoms with Crippen LogP contribution in [0.25, 0.3) is 0 Å². The van der Waals surface area contributed by atoms with Gasteiger partial charge in [-0.05, 0) is 62.1 Å². The fourth-order valence-corrected chi connectivity index (χ4v) is 4.04. The maximum atomic E-state index is 12.2. The summed E-state index contributed by atoms with van der Waals surface area (Å²) in [5.41, 5.74) is 2.91. The van der Waals surface area contributed by atoms with Gasteiger partial charge in [-0.3, -0.25) is 4.79 Å². The molecule has 0 aromatic carbocycles. The molecule has 0 unspecified atom stereocenters. The second-order valence-corrected chi connectivity index (χ2v) is 6.97. The van der Waals surface area contributed by atoms with Gasteiger partial charge in [0.05, 0.1) is 6.54 Å². The number of carbonyl (C=O) groups excluding carboxylic acids is 1. The Morgan fingerprint density at radius 2 is 2.29 bits per heavy atom. The average molecular weight is 304 g/mol. The molecule has 2 aliphatic rings. The molecule has 0 atom stereocenters. The molecule has 0 spiro atoms. The van der Waals surface area contributed by atoms with Gasteiger partial charge in [0.2, 0.25) is 5.91 Å². The van der Waals surface area contributed by atoms with Gasteiger partial charge in [-0.25, -0.2) is 0 Å². The summed E-state index contributed by atoms with van der Waals surface area (Å²) in [6, 6.07) is 2.16. The van der Waals surface area contributed by atoms with E-state index in [2.05, 4.69) is 22.8 Å². The molecule has 1 amide bonds. The van der Waals surface area contributed by atoms with Crippen LogP contribution >= 0.6 is 11.3 Å². The predicted molar refractivity (Wildman–Crippen MR) is 87.5 cm³/mol. The van der Waals surface area contributed by atoms with Crippen LogP contribution in [-0.4, -0.2) is 30.4 Å². The Labute approximate surface area is 131 Å². The molecule has 21 heavy (non-hydrogen) atoms. The van der Waals surface area contributed by atoms with Crippen LogP contribution in [0.15, 0.2) is 23.1 Å². The summed E-state index contributed by atoms with van der Waals surface area (Å²) in [5, 5.41) is 5.45. The summed E-state index contributed by atoms with van der Waals surface area (Å²) in [6.07, 6.45) is 9.67. The Hall–Kier alpha value is -1.13. The predicted octanol–water partition coefficient (Wildman–Crippen LogP) is 3.11. The maximum absolute atomic E-state index is 12.2. The minimum Gasteiger partial charge on any atom is -0.337 e. The van der Waals surface area contributed by atoms with Crippen LogP contribution < -0.4 is 5.32 Å². The summed E-state index contributed by atoms with van der Waals surface area (Å²) in [6.45, 7) is 3.07. The number of amides is 1. The Bertz CT molecular complexity index is 521. The number of rotatable bonds is 5. The van der Waals surface area contributed by atoms with E-state index in [1.807, 2.05) is 16.2 Å². The van der Waals surface area contributed by atoms with E-state index in [1.165, 1.54) is 36.1 Å². The standard InChI is InChI=1S/C17H24N2OS/c20-17(12-18-9-6-14-4-2-1-3-5-14)19-10-7-16-15(13-19)8-11-21-16/h4,8,11,18H,1-3,5-7,9-10,12-13H2. The van der Waals surface area contributed by atoms with Crippen LogP contribution in [-0.2, 0) is 17.8 Å². The monoisotopic (exact) mass is 304 g/mol. The quantitative estimate of drug-likeness (QED) is 0.669. The van der Waals surface area contributed by atoms with Gasteiger partial charge < -0.3 is 10.2 Å². The van der Waals surface area contributed by atoms with E-state index < -0.39 is 0 Å². The smallest absolute Gasteiger partial charge is 0.236 e. The summed E-state index contributed by atoms with van der Waals surface area (Å²) in [7, 11) is 0. The number of nitrogens with one attached hydrogen (secondary N) is 1. The molecule has 1 aliphatic carbocycles. The van der Waals surface area contributed by atoms with Crippen molar-refractivity contribution in [3.05, 3.63) is 33.5 Å². The fraction of sp³-hybridized carbons (Fsp3) is 0.588. The van der Waals surface area contributed by atoms with Crippen molar-refractivity contribution in [1.29, 1.82) is 0 Å². The molecule has 1 aromatic heterocycles. The zero-order valence-electron chi connectivity index (χ0n) is 12.6. The summed E-state index contributed by atoms with van der Waals surface area (Å²) in [4.78, 5) is 15.7. The molecule has 0 saturated heterocycles. The SMILES string of the molecule is O=C(CNCCC1=CCCCC1)N1CCc2sccc2C1. The van der Waals surface area contributed by atoms with Crippen LogP contribution in [0.4, 0.5) is 0 Å². The van der Waals surface area contributed by atoms with Gasteiger partial charge in [-0.2, -0.15) is 0 Å². The third kappa shape index (κ3) is 3.95. The Kier molecular flexibility index (Phi) is 5.09. The van der Waals surface area contributed by atoms with Crippen LogP contribution in [0.1, 0.15) is 42.5 Å². The average Bonchev–Trinajstić information content (AvgIpc) is 3.00. The first-order valence-corrected chi connectivity index (χ1v) is 8.92. The van der Waals surface area contributed by atoms with Crippen molar-refractivity contribution in [3.63, 3.8) is 0 Å². The van der Waals surface area contributed by atoms with Crippen LogP contribution in [0, 0.1) is 0 Å². The highest BCUT2D eigenvalue weighted by atomic mass is 32.1. The minimum absolute atomic E-state index is 0.240. The lowest BCUT2D eigenvalue weighted by atomic mass is 9.97. The highest BCUT2D eigenvalue weighted by Crippen LogP contribution is 2.24. The largest absolute Gasteiger partial charge is 0.337 e. The second-order valence-electron chi connectivity index (χ2n) is 5.97. The molecule has 0 radical (unpaired) electrons. The molecule has 0 bridgehead atoms. The molecule has 3 nitrogen and oxygen atoms in total. The molecular formula is C17H24N2OS. The van der Waals surface area contributed by atoms with Gasteiger partial charge in [0.15, 0.2) is 0 Å². The lowest BCUT2D eigenvalue weighted by Crippen LogP contribution is -2.41. The number of carbonyl (C=O) groups is 1. The zero-order valence-corrected chi connectivity index (χ0v) is 13.4.